The molecule has 2 aromatic rings. The molecule has 0 aliphatic rings. The lowest BCUT2D eigenvalue weighted by molar-refractivity contribution is 0.632. The zero-order valence-corrected chi connectivity index (χ0v) is 10.1. The van der Waals surface area contributed by atoms with E-state index in [0.717, 1.165) is 12.4 Å². The summed E-state index contributed by atoms with van der Waals surface area (Å²) in [4.78, 5) is 21.9. The van der Waals surface area contributed by atoms with Crippen molar-refractivity contribution in [2.45, 2.75) is 24.4 Å². The number of nitrogen functional groups attached to an aromatic ring is 1. The summed E-state index contributed by atoms with van der Waals surface area (Å²) in [5.74, 6) is 1.64. The Labute approximate surface area is 101 Å². The maximum Gasteiger partial charge on any atom is 0.253 e. The van der Waals surface area contributed by atoms with Crippen LogP contribution >= 0.6 is 11.8 Å². The van der Waals surface area contributed by atoms with Crippen molar-refractivity contribution >= 4 is 17.6 Å². The molecule has 0 saturated carbocycles. The van der Waals surface area contributed by atoms with Gasteiger partial charge in [-0.25, -0.2) is 14.6 Å². The van der Waals surface area contributed by atoms with Gasteiger partial charge in [-0.05, 0) is 6.92 Å². The normalized spacial score (nSPS) is 10.6. The predicted octanol–water partition coefficient (Wildman–Crippen LogP) is 0.256. The maximum atomic E-state index is 11.2. The number of hydrogen-bond acceptors (Lipinski definition) is 6. The van der Waals surface area contributed by atoms with Crippen LogP contribution in [0.2, 0.25) is 0 Å². The minimum atomic E-state index is -0.253. The van der Waals surface area contributed by atoms with Crippen LogP contribution in [0.5, 0.6) is 0 Å². The van der Waals surface area contributed by atoms with E-state index in [-0.39, 0.29) is 11.4 Å². The monoisotopic (exact) mass is 252 g/mol. The zero-order chi connectivity index (χ0) is 12.3. The Morgan fingerprint density at radius 3 is 3.12 bits per heavy atom. The van der Waals surface area contributed by atoms with E-state index in [1.165, 1.54) is 24.2 Å². The third-order valence-electron chi connectivity index (χ3n) is 2.07. The van der Waals surface area contributed by atoms with Crippen molar-refractivity contribution in [3.63, 3.8) is 0 Å². The average molecular weight is 252 g/mol. The summed E-state index contributed by atoms with van der Waals surface area (Å²) >= 11 is 1.37. The molecule has 90 valence electrons. The lowest BCUT2D eigenvalue weighted by Crippen LogP contribution is -2.10. The summed E-state index contributed by atoms with van der Waals surface area (Å²) in [5.41, 5.74) is 5.23. The molecule has 2 rings (SSSR count). The third-order valence-corrected chi connectivity index (χ3v) is 2.94. The van der Waals surface area contributed by atoms with Gasteiger partial charge in [-0.3, -0.25) is 4.79 Å². The van der Waals surface area contributed by atoms with Gasteiger partial charge in [-0.15, -0.1) is 0 Å². The SMILES string of the molecule is CCn1ncnc1CSc1nc(N)cc(=O)[nH]1. The molecule has 0 aliphatic carbocycles. The summed E-state index contributed by atoms with van der Waals surface area (Å²) in [7, 11) is 0. The van der Waals surface area contributed by atoms with Crippen molar-refractivity contribution in [3.05, 3.63) is 28.6 Å². The molecular weight excluding hydrogens is 240 g/mol. The van der Waals surface area contributed by atoms with Gasteiger partial charge in [0, 0.05) is 12.6 Å². The highest BCUT2D eigenvalue weighted by atomic mass is 32.2. The first-order chi connectivity index (χ1) is 8.19. The molecule has 2 heterocycles. The fraction of sp³-hybridized carbons (Fsp3) is 0.333. The highest BCUT2D eigenvalue weighted by Crippen LogP contribution is 2.16. The molecule has 3 N–H and O–H groups in total. The largest absolute Gasteiger partial charge is 0.383 e. The van der Waals surface area contributed by atoms with Gasteiger partial charge in [0.25, 0.3) is 5.56 Å². The topological polar surface area (TPSA) is 102 Å². The number of thioether (sulfide) groups is 1. The van der Waals surface area contributed by atoms with Crippen molar-refractivity contribution in [1.82, 2.24) is 24.7 Å². The molecule has 0 bridgehead atoms. The van der Waals surface area contributed by atoms with E-state index in [0.29, 0.717) is 10.9 Å². The van der Waals surface area contributed by atoms with E-state index in [1.54, 1.807) is 4.68 Å². The number of nitrogens with two attached hydrogens (primary N) is 1. The van der Waals surface area contributed by atoms with Crippen molar-refractivity contribution in [1.29, 1.82) is 0 Å². The van der Waals surface area contributed by atoms with Crippen molar-refractivity contribution < 1.29 is 0 Å². The molecule has 0 spiro atoms. The van der Waals surface area contributed by atoms with Crippen LogP contribution in [0, 0.1) is 0 Å². The summed E-state index contributed by atoms with van der Waals surface area (Å²) < 4.78 is 1.79. The van der Waals surface area contributed by atoms with Crippen LogP contribution in [0.3, 0.4) is 0 Å². The first-order valence-corrected chi connectivity index (χ1v) is 6.04. The number of rotatable bonds is 4. The molecule has 8 heteroatoms. The van der Waals surface area contributed by atoms with Crippen LogP contribution in [0.15, 0.2) is 22.3 Å². The molecular formula is C9H12N6OS. The standard InChI is InChI=1S/C9H12N6OS/c1-2-15-7(11-5-12-15)4-17-9-13-6(10)3-8(16)14-9/h3,5H,2,4H2,1H3,(H3,10,13,14,16). The maximum absolute atomic E-state index is 11.2. The predicted molar refractivity (Wildman–Crippen MR) is 64.5 cm³/mol. The number of anilines is 1. The fourth-order valence-electron chi connectivity index (χ4n) is 1.32. The van der Waals surface area contributed by atoms with Gasteiger partial charge in [-0.1, -0.05) is 11.8 Å². The molecule has 0 aliphatic heterocycles. The van der Waals surface area contributed by atoms with Crippen LogP contribution in [0.25, 0.3) is 0 Å². The van der Waals surface area contributed by atoms with Crippen LogP contribution < -0.4 is 11.3 Å². The average Bonchev–Trinajstić information content (AvgIpc) is 2.72. The number of nitrogens with zero attached hydrogens (tertiary/aromatic N) is 4. The van der Waals surface area contributed by atoms with E-state index in [9.17, 15) is 4.79 Å². The number of hydrogen-bond donors (Lipinski definition) is 2. The Morgan fingerprint density at radius 2 is 2.41 bits per heavy atom. The summed E-state index contributed by atoms with van der Waals surface area (Å²) in [6.45, 7) is 2.75. The zero-order valence-electron chi connectivity index (χ0n) is 9.25. The summed E-state index contributed by atoms with van der Waals surface area (Å²) in [6, 6.07) is 1.25. The van der Waals surface area contributed by atoms with Crippen LogP contribution in [0.4, 0.5) is 5.82 Å². The number of nitrogens with one attached hydrogen (secondary N) is 1. The first kappa shape index (κ1) is 11.6. The lowest BCUT2D eigenvalue weighted by atomic mass is 10.6. The van der Waals surface area contributed by atoms with Crippen LogP contribution in [0.1, 0.15) is 12.7 Å². The van der Waals surface area contributed by atoms with E-state index >= 15 is 0 Å². The quantitative estimate of drug-likeness (QED) is 0.597. The Hall–Kier alpha value is -1.83. The minimum absolute atomic E-state index is 0.216. The molecule has 17 heavy (non-hydrogen) atoms. The fourth-order valence-corrected chi connectivity index (χ4v) is 2.15. The van der Waals surface area contributed by atoms with Gasteiger partial charge >= 0.3 is 0 Å². The Kier molecular flexibility index (Phi) is 3.43. The van der Waals surface area contributed by atoms with Gasteiger partial charge in [0.15, 0.2) is 5.16 Å². The molecule has 0 saturated heterocycles. The van der Waals surface area contributed by atoms with Gasteiger partial charge < -0.3 is 10.7 Å². The Bertz CT molecular complexity index is 563. The second-order valence-corrected chi connectivity index (χ2v) is 4.22. The Balaban J connectivity index is 2.09. The van der Waals surface area contributed by atoms with E-state index < -0.39 is 0 Å². The molecule has 0 fully saturated rings. The smallest absolute Gasteiger partial charge is 0.253 e. The van der Waals surface area contributed by atoms with Crippen molar-refractivity contribution in [3.8, 4) is 0 Å². The van der Waals surface area contributed by atoms with E-state index in [1.807, 2.05) is 6.92 Å². The van der Waals surface area contributed by atoms with Crippen molar-refractivity contribution in [2.75, 3.05) is 5.73 Å². The van der Waals surface area contributed by atoms with Gasteiger partial charge in [-0.2, -0.15) is 5.10 Å². The third kappa shape index (κ3) is 2.84. The molecule has 2 aromatic heterocycles. The molecule has 0 aromatic carbocycles. The second-order valence-electron chi connectivity index (χ2n) is 3.26. The lowest BCUT2D eigenvalue weighted by Gasteiger charge is -2.02. The Morgan fingerprint density at radius 1 is 1.59 bits per heavy atom. The molecule has 0 atom stereocenters. The first-order valence-electron chi connectivity index (χ1n) is 5.05. The highest BCUT2D eigenvalue weighted by Gasteiger charge is 2.05. The minimum Gasteiger partial charge on any atom is -0.383 e. The van der Waals surface area contributed by atoms with Crippen LogP contribution in [-0.4, -0.2) is 24.7 Å². The summed E-state index contributed by atoms with van der Waals surface area (Å²) in [6.07, 6.45) is 1.51. The summed E-state index contributed by atoms with van der Waals surface area (Å²) in [5, 5.41) is 4.54. The molecule has 0 amide bonds. The number of aromatic amines is 1. The van der Waals surface area contributed by atoms with Crippen LogP contribution in [-0.2, 0) is 12.3 Å². The number of aryl methyl sites for hydroxylation is 1. The molecule has 0 unspecified atom stereocenters. The van der Waals surface area contributed by atoms with Gasteiger partial charge in [0.2, 0.25) is 0 Å². The van der Waals surface area contributed by atoms with E-state index in [2.05, 4.69) is 20.1 Å². The number of aromatic nitrogens is 5. The van der Waals surface area contributed by atoms with Crippen molar-refractivity contribution in [2.24, 2.45) is 0 Å². The molecule has 7 nitrogen and oxygen atoms in total. The van der Waals surface area contributed by atoms with Gasteiger partial charge in [0.05, 0.1) is 5.75 Å². The molecule has 0 radical (unpaired) electrons. The van der Waals surface area contributed by atoms with E-state index in [4.69, 9.17) is 5.73 Å². The van der Waals surface area contributed by atoms with Gasteiger partial charge in [0.1, 0.15) is 18.0 Å². The second kappa shape index (κ2) is 5.00. The number of H-pyrrole nitrogens is 1. The highest BCUT2D eigenvalue weighted by molar-refractivity contribution is 7.98.